The summed E-state index contributed by atoms with van der Waals surface area (Å²) in [5.41, 5.74) is 0. The zero-order chi connectivity index (χ0) is 54.1. The molecule has 1 amide bonds. The van der Waals surface area contributed by atoms with Crippen LogP contribution in [0.15, 0.2) is 36.5 Å². The van der Waals surface area contributed by atoms with Crippen LogP contribution in [0.5, 0.6) is 0 Å². The predicted molar refractivity (Wildman–Crippen MR) is 277 cm³/mol. The average molecular weight is 1060 g/mol. The SMILES string of the molecule is CCCCCCC/C=C\C/C=C\C/C=C\CCCCCCCCCCCCC(=O)NC(COC1OC(CO)C(OC2OC(CO)C(OC3OC(CO)C(O)C(O)C3O)C(O)C2O)C(O)C1O)C(O)CCCCCC. The van der Waals surface area contributed by atoms with Gasteiger partial charge in [-0.1, -0.05) is 153 Å². The molecule has 3 aliphatic heterocycles. The van der Waals surface area contributed by atoms with Gasteiger partial charge >= 0.3 is 0 Å². The van der Waals surface area contributed by atoms with Crippen molar-refractivity contribution < 1.29 is 89.4 Å². The van der Waals surface area contributed by atoms with E-state index in [1.807, 2.05) is 0 Å². The van der Waals surface area contributed by atoms with E-state index in [1.165, 1.54) is 77.0 Å². The second-order valence-corrected chi connectivity index (χ2v) is 20.4. The lowest BCUT2D eigenvalue weighted by molar-refractivity contribution is -0.379. The van der Waals surface area contributed by atoms with Gasteiger partial charge in [-0.2, -0.15) is 0 Å². The van der Waals surface area contributed by atoms with Crippen molar-refractivity contribution in [3.8, 4) is 0 Å². The average Bonchev–Trinajstić information content (AvgIpc) is 3.40. The molecule has 3 aliphatic rings. The monoisotopic (exact) mass is 1060 g/mol. The van der Waals surface area contributed by atoms with Crippen LogP contribution in [0.1, 0.15) is 174 Å². The molecule has 17 unspecified atom stereocenters. The highest BCUT2D eigenvalue weighted by Crippen LogP contribution is 2.33. The smallest absolute Gasteiger partial charge is 0.220 e. The van der Waals surface area contributed by atoms with E-state index in [-0.39, 0.29) is 18.9 Å². The van der Waals surface area contributed by atoms with E-state index in [4.69, 9.17) is 28.4 Å². The summed E-state index contributed by atoms with van der Waals surface area (Å²) in [4.78, 5) is 13.2. The van der Waals surface area contributed by atoms with Crippen molar-refractivity contribution in [1.29, 1.82) is 0 Å². The molecule has 0 saturated carbocycles. The second kappa shape index (κ2) is 39.4. The van der Waals surface area contributed by atoms with Crippen LogP contribution in [-0.4, -0.2) is 193 Å². The normalized spacial score (nSPS) is 31.7. The van der Waals surface area contributed by atoms with Crippen molar-refractivity contribution in [3.63, 3.8) is 0 Å². The van der Waals surface area contributed by atoms with Crippen LogP contribution >= 0.6 is 0 Å². The minimum atomic E-state index is -1.97. The molecule has 12 N–H and O–H groups in total. The number of rotatable bonds is 40. The fraction of sp³-hybridized carbons (Fsp3) is 0.873. The Morgan fingerprint density at radius 1 is 0.486 bits per heavy atom. The molecule has 0 aromatic heterocycles. The first-order valence-electron chi connectivity index (χ1n) is 28.2. The molecular formula is C55H99NO18. The summed E-state index contributed by atoms with van der Waals surface area (Å²) in [6.07, 6.45) is 13.4. The number of carbonyl (C=O) groups is 1. The summed E-state index contributed by atoms with van der Waals surface area (Å²) in [6, 6.07) is -0.885. The summed E-state index contributed by atoms with van der Waals surface area (Å²) in [5, 5.41) is 119. The van der Waals surface area contributed by atoms with Crippen LogP contribution in [0.2, 0.25) is 0 Å². The van der Waals surface area contributed by atoms with Crippen molar-refractivity contribution in [1.82, 2.24) is 5.32 Å². The fourth-order valence-corrected chi connectivity index (χ4v) is 9.49. The molecule has 3 rings (SSSR count). The van der Waals surface area contributed by atoms with Gasteiger partial charge in [0.25, 0.3) is 0 Å². The van der Waals surface area contributed by atoms with Crippen LogP contribution in [-0.2, 0) is 33.2 Å². The summed E-state index contributed by atoms with van der Waals surface area (Å²) >= 11 is 0. The lowest BCUT2D eigenvalue weighted by Crippen LogP contribution is -2.66. The molecule has 74 heavy (non-hydrogen) atoms. The molecular weight excluding hydrogens is 963 g/mol. The minimum absolute atomic E-state index is 0.258. The maximum Gasteiger partial charge on any atom is 0.220 e. The fourth-order valence-electron chi connectivity index (χ4n) is 9.49. The summed E-state index contributed by atoms with van der Waals surface area (Å²) in [7, 11) is 0. The van der Waals surface area contributed by atoms with E-state index in [0.29, 0.717) is 19.3 Å². The van der Waals surface area contributed by atoms with Gasteiger partial charge in [0.1, 0.15) is 73.2 Å². The van der Waals surface area contributed by atoms with Crippen molar-refractivity contribution in [2.45, 2.75) is 279 Å². The van der Waals surface area contributed by atoms with Crippen LogP contribution in [0.4, 0.5) is 0 Å². The predicted octanol–water partition coefficient (Wildman–Crippen LogP) is 3.76. The first-order valence-corrected chi connectivity index (χ1v) is 28.2. The number of allylic oxidation sites excluding steroid dienone is 6. The van der Waals surface area contributed by atoms with Crippen LogP contribution in [0, 0.1) is 0 Å². The van der Waals surface area contributed by atoms with Gasteiger partial charge < -0.3 is 89.9 Å². The number of aliphatic hydroxyl groups is 11. The van der Waals surface area contributed by atoms with Gasteiger partial charge in [-0.05, 0) is 51.4 Å². The van der Waals surface area contributed by atoms with Gasteiger partial charge in [0.05, 0.1) is 38.6 Å². The van der Waals surface area contributed by atoms with Crippen molar-refractivity contribution >= 4 is 5.91 Å². The molecule has 0 radical (unpaired) electrons. The quantitative estimate of drug-likeness (QED) is 0.0307. The summed E-state index contributed by atoms with van der Waals surface area (Å²) in [5.74, 6) is -0.258. The number of amides is 1. The van der Waals surface area contributed by atoms with E-state index in [0.717, 1.165) is 57.8 Å². The Morgan fingerprint density at radius 2 is 0.892 bits per heavy atom. The number of ether oxygens (including phenoxy) is 6. The molecule has 0 spiro atoms. The molecule has 17 atom stereocenters. The number of carbonyl (C=O) groups excluding carboxylic acids is 1. The maximum atomic E-state index is 13.2. The van der Waals surface area contributed by atoms with Crippen molar-refractivity contribution in [2.24, 2.45) is 0 Å². The third-order valence-corrected chi connectivity index (χ3v) is 14.2. The van der Waals surface area contributed by atoms with Gasteiger partial charge in [0.15, 0.2) is 18.9 Å². The molecule has 432 valence electrons. The first kappa shape index (κ1) is 66.3. The number of unbranched alkanes of at least 4 members (excludes halogenated alkanes) is 18. The second-order valence-electron chi connectivity index (χ2n) is 20.4. The van der Waals surface area contributed by atoms with Gasteiger partial charge in [0.2, 0.25) is 5.91 Å². The highest BCUT2D eigenvalue weighted by atomic mass is 16.8. The van der Waals surface area contributed by atoms with Crippen molar-refractivity contribution in [3.05, 3.63) is 36.5 Å². The van der Waals surface area contributed by atoms with E-state index < -0.39 is 124 Å². The zero-order valence-corrected chi connectivity index (χ0v) is 44.6. The Kier molecular flexibility index (Phi) is 35.3. The number of hydrogen-bond acceptors (Lipinski definition) is 18. The summed E-state index contributed by atoms with van der Waals surface area (Å²) in [6.45, 7) is 1.61. The van der Waals surface area contributed by atoms with Crippen LogP contribution < -0.4 is 5.32 Å². The van der Waals surface area contributed by atoms with Gasteiger partial charge in [-0.15, -0.1) is 0 Å². The third-order valence-electron chi connectivity index (χ3n) is 14.2. The van der Waals surface area contributed by atoms with Crippen molar-refractivity contribution in [2.75, 3.05) is 26.4 Å². The summed E-state index contributed by atoms with van der Waals surface area (Å²) < 4.78 is 34.0. The standard InChI is InChI=1S/C55H99NO18/c1-3-5-7-9-10-11-12-13-14-15-16-17-18-19-20-21-22-23-24-25-26-27-28-29-31-33-43(61)56-38(39(60)32-30-8-6-4-2)37-69-53-49(67)46(64)51(41(35-58)71-53)74-55-50(68)47(65)52(42(36-59)72-55)73-54-48(66)45(63)44(62)40(34-57)70-54/h12-13,15-16,18-19,38-42,44-55,57-60,62-68H,3-11,14,17,20-37H2,1-2H3,(H,56,61)/b13-12-,16-15-,19-18-. The van der Waals surface area contributed by atoms with E-state index in [9.17, 15) is 61.0 Å². The van der Waals surface area contributed by atoms with E-state index >= 15 is 0 Å². The molecule has 3 fully saturated rings. The Hall–Kier alpha value is -1.99. The lowest BCUT2D eigenvalue weighted by Gasteiger charge is -2.48. The van der Waals surface area contributed by atoms with Gasteiger partial charge in [-0.3, -0.25) is 4.79 Å². The molecule has 19 nitrogen and oxygen atoms in total. The number of hydrogen-bond donors (Lipinski definition) is 12. The largest absolute Gasteiger partial charge is 0.394 e. The zero-order valence-electron chi connectivity index (χ0n) is 44.6. The number of aliphatic hydroxyl groups excluding tert-OH is 11. The lowest BCUT2D eigenvalue weighted by atomic mass is 9.96. The third kappa shape index (κ3) is 23.9. The molecule has 19 heteroatoms. The van der Waals surface area contributed by atoms with E-state index in [2.05, 4.69) is 55.6 Å². The Balaban J connectivity index is 1.37. The first-order chi connectivity index (χ1) is 35.8. The Morgan fingerprint density at radius 3 is 1.39 bits per heavy atom. The number of nitrogens with one attached hydrogen (secondary N) is 1. The van der Waals surface area contributed by atoms with Crippen LogP contribution in [0.25, 0.3) is 0 Å². The highest BCUT2D eigenvalue weighted by Gasteiger charge is 2.53. The maximum absolute atomic E-state index is 13.2. The molecule has 0 bridgehead atoms. The molecule has 0 aromatic rings. The molecule has 0 aromatic carbocycles. The molecule has 3 saturated heterocycles. The molecule has 3 heterocycles. The minimum Gasteiger partial charge on any atom is -0.394 e. The highest BCUT2D eigenvalue weighted by molar-refractivity contribution is 5.76. The topological polar surface area (TPSA) is 307 Å². The van der Waals surface area contributed by atoms with Gasteiger partial charge in [0, 0.05) is 6.42 Å². The Labute approximate surface area is 440 Å². The molecule has 0 aliphatic carbocycles. The van der Waals surface area contributed by atoms with E-state index in [1.54, 1.807) is 0 Å². The Bertz CT molecular complexity index is 1500. The van der Waals surface area contributed by atoms with Crippen LogP contribution in [0.3, 0.4) is 0 Å². The van der Waals surface area contributed by atoms with Gasteiger partial charge in [-0.25, -0.2) is 0 Å².